The number of methoxy groups -OCH3 is 2. The molecule has 1 atom stereocenters. The first kappa shape index (κ1) is 24.0. The zero-order valence-corrected chi connectivity index (χ0v) is 21.5. The van der Waals surface area contributed by atoms with Crippen LogP contribution < -0.4 is 24.4 Å². The summed E-state index contributed by atoms with van der Waals surface area (Å²) in [7, 11) is 3.16. The maximum atomic E-state index is 13.7. The van der Waals surface area contributed by atoms with Gasteiger partial charge in [0.25, 0.3) is 5.56 Å². The molecule has 1 aromatic heterocycles. The van der Waals surface area contributed by atoms with Gasteiger partial charge in [0.2, 0.25) is 0 Å². The normalized spacial score (nSPS) is 15.6. The summed E-state index contributed by atoms with van der Waals surface area (Å²) in [5.41, 5.74) is 2.06. The van der Waals surface area contributed by atoms with Gasteiger partial charge in [0, 0.05) is 10.0 Å². The number of benzene rings is 2. The predicted molar refractivity (Wildman–Crippen MR) is 134 cm³/mol. The maximum Gasteiger partial charge on any atom is 0.338 e. The Balaban J connectivity index is 1.98. The Hall–Kier alpha value is -3.17. The minimum atomic E-state index is -0.697. The minimum absolute atomic E-state index is 0.216. The molecule has 2 aromatic carbocycles. The van der Waals surface area contributed by atoms with Crippen molar-refractivity contribution in [2.45, 2.75) is 19.9 Å². The highest BCUT2D eigenvalue weighted by atomic mass is 79.9. The van der Waals surface area contributed by atoms with E-state index >= 15 is 0 Å². The molecule has 176 valence electrons. The number of rotatable bonds is 6. The molecule has 1 aliphatic heterocycles. The van der Waals surface area contributed by atoms with Crippen molar-refractivity contribution in [3.8, 4) is 11.5 Å². The largest absolute Gasteiger partial charge is 0.497 e. The fourth-order valence-corrected chi connectivity index (χ4v) is 5.29. The van der Waals surface area contributed by atoms with E-state index in [0.29, 0.717) is 32.1 Å². The van der Waals surface area contributed by atoms with Gasteiger partial charge in [0.15, 0.2) is 4.80 Å². The molecule has 3 aromatic rings. The van der Waals surface area contributed by atoms with Crippen LogP contribution in [-0.4, -0.2) is 31.4 Å². The number of hydrogen-bond donors (Lipinski definition) is 0. The number of esters is 1. The molecule has 0 bridgehead atoms. The lowest BCUT2D eigenvalue weighted by molar-refractivity contribution is -0.139. The molecule has 0 saturated heterocycles. The van der Waals surface area contributed by atoms with Crippen LogP contribution in [0.5, 0.6) is 11.5 Å². The number of hydrogen-bond acceptors (Lipinski definition) is 7. The molecule has 0 spiro atoms. The standard InChI is InChI=1S/C25H23BrN2O5S/c1-5-33-24(30)21-14(2)27-25-28(22(21)15-7-6-8-18(12-15)31-3)23(29)20(34-25)13-16-11-17(26)9-10-19(16)32-4/h6-13,22H,5H2,1-4H3. The lowest BCUT2D eigenvalue weighted by atomic mass is 9.95. The Bertz CT molecular complexity index is 1470. The highest BCUT2D eigenvalue weighted by molar-refractivity contribution is 9.10. The van der Waals surface area contributed by atoms with Crippen molar-refractivity contribution in [2.75, 3.05) is 20.8 Å². The number of thiazole rings is 1. The quantitative estimate of drug-likeness (QED) is 0.445. The first-order valence-corrected chi connectivity index (χ1v) is 12.2. The predicted octanol–water partition coefficient (Wildman–Crippen LogP) is 3.58. The molecule has 1 unspecified atom stereocenters. The van der Waals surface area contributed by atoms with Crippen LogP contribution in [0.4, 0.5) is 0 Å². The summed E-state index contributed by atoms with van der Waals surface area (Å²) < 4.78 is 19.1. The van der Waals surface area contributed by atoms with Crippen LogP contribution in [0, 0.1) is 0 Å². The van der Waals surface area contributed by atoms with Gasteiger partial charge in [-0.2, -0.15) is 0 Å². The number of carbonyl (C=O) groups is 1. The van der Waals surface area contributed by atoms with Crippen LogP contribution in [0.1, 0.15) is 31.0 Å². The van der Waals surface area contributed by atoms with Crippen LogP contribution >= 0.6 is 27.3 Å². The zero-order chi connectivity index (χ0) is 24.4. The molecule has 0 amide bonds. The van der Waals surface area contributed by atoms with E-state index in [4.69, 9.17) is 14.2 Å². The van der Waals surface area contributed by atoms with Gasteiger partial charge in [-0.1, -0.05) is 39.4 Å². The van der Waals surface area contributed by atoms with Gasteiger partial charge in [-0.3, -0.25) is 9.36 Å². The Kier molecular flexibility index (Phi) is 7.04. The molecule has 7 nitrogen and oxygen atoms in total. The van der Waals surface area contributed by atoms with Crippen LogP contribution in [0.15, 0.2) is 68.0 Å². The number of aromatic nitrogens is 1. The van der Waals surface area contributed by atoms with Crippen molar-refractivity contribution < 1.29 is 19.0 Å². The lowest BCUT2D eigenvalue weighted by Gasteiger charge is -2.25. The first-order chi connectivity index (χ1) is 16.4. The van der Waals surface area contributed by atoms with Gasteiger partial charge in [0.05, 0.1) is 42.7 Å². The van der Waals surface area contributed by atoms with Crippen molar-refractivity contribution in [1.29, 1.82) is 0 Å². The summed E-state index contributed by atoms with van der Waals surface area (Å²) >= 11 is 4.73. The first-order valence-electron chi connectivity index (χ1n) is 10.5. The zero-order valence-electron chi connectivity index (χ0n) is 19.1. The van der Waals surface area contributed by atoms with E-state index in [9.17, 15) is 9.59 Å². The average molecular weight is 543 g/mol. The summed E-state index contributed by atoms with van der Waals surface area (Å²) in [5, 5.41) is 0. The SMILES string of the molecule is CCOC(=O)C1=C(C)N=c2sc(=Cc3cc(Br)ccc3OC)c(=O)n2C1c1cccc(OC)c1. The van der Waals surface area contributed by atoms with Gasteiger partial charge < -0.3 is 14.2 Å². The van der Waals surface area contributed by atoms with E-state index in [1.807, 2.05) is 42.5 Å². The van der Waals surface area contributed by atoms with Gasteiger partial charge in [-0.25, -0.2) is 9.79 Å². The van der Waals surface area contributed by atoms with Crippen molar-refractivity contribution >= 4 is 39.3 Å². The van der Waals surface area contributed by atoms with Gasteiger partial charge in [-0.15, -0.1) is 0 Å². The summed E-state index contributed by atoms with van der Waals surface area (Å²) in [6.07, 6.45) is 1.78. The Labute approximate surface area is 208 Å². The topological polar surface area (TPSA) is 79.1 Å². The average Bonchev–Trinajstić information content (AvgIpc) is 3.12. The molecule has 0 aliphatic carbocycles. The number of nitrogens with zero attached hydrogens (tertiary/aromatic N) is 2. The maximum absolute atomic E-state index is 13.7. The van der Waals surface area contributed by atoms with Gasteiger partial charge in [0.1, 0.15) is 11.5 Å². The summed E-state index contributed by atoms with van der Waals surface area (Å²) in [6.45, 7) is 3.72. The third-order valence-electron chi connectivity index (χ3n) is 5.40. The molecule has 0 N–H and O–H groups in total. The Morgan fingerprint density at radius 3 is 2.71 bits per heavy atom. The molecule has 0 saturated carbocycles. The third kappa shape index (κ3) is 4.45. The van der Waals surface area contributed by atoms with Crippen LogP contribution in [0.3, 0.4) is 0 Å². The molecule has 34 heavy (non-hydrogen) atoms. The smallest absolute Gasteiger partial charge is 0.338 e. The molecule has 2 heterocycles. The van der Waals surface area contributed by atoms with Gasteiger partial charge >= 0.3 is 5.97 Å². The fraction of sp³-hybridized carbons (Fsp3) is 0.240. The number of allylic oxidation sites excluding steroid dienone is 1. The van der Waals surface area contributed by atoms with Crippen molar-refractivity contribution in [1.82, 2.24) is 4.57 Å². The van der Waals surface area contributed by atoms with E-state index in [1.54, 1.807) is 38.7 Å². The summed E-state index contributed by atoms with van der Waals surface area (Å²) in [4.78, 5) is 31.8. The summed E-state index contributed by atoms with van der Waals surface area (Å²) in [6, 6.07) is 12.2. The molecule has 9 heteroatoms. The minimum Gasteiger partial charge on any atom is -0.497 e. The molecular weight excluding hydrogens is 520 g/mol. The second-order valence-corrected chi connectivity index (χ2v) is 9.39. The molecular formula is C25H23BrN2O5S. The van der Waals surface area contributed by atoms with Gasteiger partial charge in [-0.05, 0) is 55.8 Å². The third-order valence-corrected chi connectivity index (χ3v) is 6.88. The van der Waals surface area contributed by atoms with E-state index in [-0.39, 0.29) is 12.2 Å². The monoisotopic (exact) mass is 542 g/mol. The van der Waals surface area contributed by atoms with E-state index in [2.05, 4.69) is 20.9 Å². The number of carbonyl (C=O) groups excluding carboxylic acids is 1. The van der Waals surface area contributed by atoms with E-state index in [0.717, 1.165) is 15.6 Å². The fourth-order valence-electron chi connectivity index (χ4n) is 3.88. The molecule has 1 aliphatic rings. The molecule has 0 fully saturated rings. The second kappa shape index (κ2) is 9.99. The molecule has 0 radical (unpaired) electrons. The number of halogens is 1. The van der Waals surface area contributed by atoms with Crippen LogP contribution in [-0.2, 0) is 9.53 Å². The van der Waals surface area contributed by atoms with Crippen LogP contribution in [0.2, 0.25) is 0 Å². The summed E-state index contributed by atoms with van der Waals surface area (Å²) in [5.74, 6) is 0.762. The van der Waals surface area contributed by atoms with Crippen LogP contribution in [0.25, 0.3) is 6.08 Å². The second-order valence-electron chi connectivity index (χ2n) is 7.47. The van der Waals surface area contributed by atoms with Crippen molar-refractivity contribution in [3.05, 3.63) is 89.0 Å². The number of fused-ring (bicyclic) bond motifs is 1. The van der Waals surface area contributed by atoms with E-state index < -0.39 is 12.0 Å². The highest BCUT2D eigenvalue weighted by Gasteiger charge is 2.33. The number of ether oxygens (including phenoxy) is 3. The van der Waals surface area contributed by atoms with Crippen molar-refractivity contribution in [2.24, 2.45) is 4.99 Å². The van der Waals surface area contributed by atoms with E-state index in [1.165, 1.54) is 11.3 Å². The highest BCUT2D eigenvalue weighted by Crippen LogP contribution is 2.32. The molecule has 4 rings (SSSR count). The van der Waals surface area contributed by atoms with Crippen molar-refractivity contribution in [3.63, 3.8) is 0 Å². The lowest BCUT2D eigenvalue weighted by Crippen LogP contribution is -2.39. The Morgan fingerprint density at radius 2 is 2.00 bits per heavy atom. The Morgan fingerprint density at radius 1 is 1.21 bits per heavy atom.